The normalized spacial score (nSPS) is 11.4. The zero-order valence-corrected chi connectivity index (χ0v) is 11.5. The van der Waals surface area contributed by atoms with Gasteiger partial charge in [-0.25, -0.2) is 9.97 Å². The minimum atomic E-state index is -0.301. The van der Waals surface area contributed by atoms with Crippen LogP contribution in [-0.2, 0) is 4.79 Å². The molecule has 2 rings (SSSR count). The number of benzene rings is 1. The number of fused-ring (bicyclic) bond motifs is 1. The predicted octanol–water partition coefficient (Wildman–Crippen LogP) is 1.03. The van der Waals surface area contributed by atoms with Gasteiger partial charge in [-0.15, -0.1) is 0 Å². The molecule has 104 valence electrons. The molecular formula is C13H15N5O2. The number of aryl methyl sites for hydroxylation is 1. The first kappa shape index (κ1) is 13.7. The van der Waals surface area contributed by atoms with E-state index >= 15 is 0 Å². The van der Waals surface area contributed by atoms with E-state index in [1.54, 1.807) is 13.2 Å². The highest BCUT2D eigenvalue weighted by atomic mass is 16.5. The Morgan fingerprint density at radius 1 is 1.40 bits per heavy atom. The second-order valence-electron chi connectivity index (χ2n) is 4.17. The van der Waals surface area contributed by atoms with Crippen molar-refractivity contribution >= 4 is 28.7 Å². The van der Waals surface area contributed by atoms with Crippen molar-refractivity contribution in [3.05, 3.63) is 23.9 Å². The van der Waals surface area contributed by atoms with E-state index in [9.17, 15) is 4.79 Å². The average molecular weight is 273 g/mol. The second-order valence-corrected chi connectivity index (χ2v) is 4.17. The van der Waals surface area contributed by atoms with Crippen LogP contribution < -0.4 is 15.8 Å². The van der Waals surface area contributed by atoms with Crippen LogP contribution in [0.3, 0.4) is 0 Å². The van der Waals surface area contributed by atoms with Gasteiger partial charge in [-0.2, -0.15) is 4.99 Å². The third kappa shape index (κ3) is 3.00. The van der Waals surface area contributed by atoms with E-state index in [-0.39, 0.29) is 17.8 Å². The monoisotopic (exact) mass is 273 g/mol. The summed E-state index contributed by atoms with van der Waals surface area (Å²) in [4.78, 5) is 23.4. The van der Waals surface area contributed by atoms with Crippen LogP contribution in [0.2, 0.25) is 0 Å². The molecule has 0 saturated carbocycles. The summed E-state index contributed by atoms with van der Waals surface area (Å²) in [6.07, 6.45) is 0. The van der Waals surface area contributed by atoms with Crippen LogP contribution in [0, 0.1) is 6.92 Å². The molecule has 0 atom stereocenters. The average Bonchev–Trinajstić information content (AvgIpc) is 2.36. The Balaban J connectivity index is 2.47. The minimum absolute atomic E-state index is 0.0425. The molecule has 3 N–H and O–H groups in total. The lowest BCUT2D eigenvalue weighted by molar-refractivity contribution is -0.117. The summed E-state index contributed by atoms with van der Waals surface area (Å²) in [6, 6.07) is 5.51. The van der Waals surface area contributed by atoms with Gasteiger partial charge in [0.25, 0.3) is 5.95 Å². The summed E-state index contributed by atoms with van der Waals surface area (Å²) in [5.41, 5.74) is 7.04. The molecule has 0 bridgehead atoms. The summed E-state index contributed by atoms with van der Waals surface area (Å²) in [7, 11) is 1.59. The number of rotatable bonds is 2. The van der Waals surface area contributed by atoms with Crippen LogP contribution in [0.1, 0.15) is 12.6 Å². The highest BCUT2D eigenvalue weighted by Crippen LogP contribution is 2.22. The molecule has 0 aliphatic rings. The molecule has 1 aromatic heterocycles. The summed E-state index contributed by atoms with van der Waals surface area (Å²) >= 11 is 0. The smallest absolute Gasteiger partial charge is 0.253 e. The summed E-state index contributed by atoms with van der Waals surface area (Å²) in [5.74, 6) is 0.541. The topological polar surface area (TPSA) is 102 Å². The number of ether oxygens (including phenoxy) is 1. The number of aliphatic imine (C=N–C) groups is 1. The molecule has 20 heavy (non-hydrogen) atoms. The van der Waals surface area contributed by atoms with E-state index < -0.39 is 0 Å². The number of hydrogen-bond acceptors (Lipinski definition) is 5. The quantitative estimate of drug-likeness (QED) is 0.628. The number of amides is 1. The maximum atomic E-state index is 10.9. The Kier molecular flexibility index (Phi) is 3.79. The fourth-order valence-electron chi connectivity index (χ4n) is 1.75. The number of nitrogens with zero attached hydrogens (tertiary/aromatic N) is 3. The lowest BCUT2D eigenvalue weighted by Gasteiger charge is -2.05. The maximum absolute atomic E-state index is 10.9. The Labute approximate surface area is 115 Å². The van der Waals surface area contributed by atoms with Crippen LogP contribution in [0.5, 0.6) is 5.75 Å². The van der Waals surface area contributed by atoms with Crippen molar-refractivity contribution < 1.29 is 9.53 Å². The van der Waals surface area contributed by atoms with Gasteiger partial charge in [0.1, 0.15) is 5.75 Å². The van der Waals surface area contributed by atoms with Gasteiger partial charge in [0.2, 0.25) is 11.9 Å². The number of carbonyl (C=O) groups excluding carboxylic acids is 1. The largest absolute Gasteiger partial charge is 0.497 e. The zero-order chi connectivity index (χ0) is 14.7. The molecule has 0 fully saturated rings. The summed E-state index contributed by atoms with van der Waals surface area (Å²) in [6.45, 7) is 3.20. The van der Waals surface area contributed by atoms with Crippen LogP contribution >= 0.6 is 0 Å². The first-order chi connectivity index (χ1) is 9.49. The van der Waals surface area contributed by atoms with Gasteiger partial charge in [-0.05, 0) is 19.1 Å². The highest BCUT2D eigenvalue weighted by Gasteiger charge is 2.06. The standard InChI is InChI=1S/C13H15N5O2/c1-7-10-5-4-9(20-3)6-11(10)17-13(15-7)18-12(14)16-8(2)19/h4-6H,1-3H3,(H3,14,15,16,17,18,19). The molecule has 0 saturated heterocycles. The third-order valence-electron chi connectivity index (χ3n) is 2.61. The SMILES string of the molecule is COc1ccc2c(C)nc(N=C(N)NC(C)=O)nc2c1. The van der Waals surface area contributed by atoms with Gasteiger partial charge < -0.3 is 10.5 Å². The van der Waals surface area contributed by atoms with E-state index in [1.165, 1.54) is 6.92 Å². The lowest BCUT2D eigenvalue weighted by Crippen LogP contribution is -2.34. The van der Waals surface area contributed by atoms with Crippen LogP contribution in [0.25, 0.3) is 10.9 Å². The Morgan fingerprint density at radius 3 is 2.80 bits per heavy atom. The van der Waals surface area contributed by atoms with Gasteiger partial charge in [0.05, 0.1) is 18.3 Å². The zero-order valence-electron chi connectivity index (χ0n) is 11.5. The van der Waals surface area contributed by atoms with Crippen LogP contribution in [0.15, 0.2) is 23.2 Å². The number of carbonyl (C=O) groups is 1. The first-order valence-corrected chi connectivity index (χ1v) is 5.93. The van der Waals surface area contributed by atoms with E-state index in [0.29, 0.717) is 11.3 Å². The van der Waals surface area contributed by atoms with E-state index in [0.717, 1.165) is 11.1 Å². The van der Waals surface area contributed by atoms with Crippen LogP contribution in [0.4, 0.5) is 5.95 Å². The second kappa shape index (κ2) is 5.52. The number of hydrogen-bond donors (Lipinski definition) is 2. The van der Waals surface area contributed by atoms with Crippen molar-refractivity contribution in [3.63, 3.8) is 0 Å². The van der Waals surface area contributed by atoms with Gasteiger partial charge in [0.15, 0.2) is 0 Å². The Hall–Kier alpha value is -2.70. The fourth-order valence-corrected chi connectivity index (χ4v) is 1.75. The summed E-state index contributed by atoms with van der Waals surface area (Å²) in [5, 5.41) is 3.27. The molecule has 0 radical (unpaired) electrons. The summed E-state index contributed by atoms with van der Waals surface area (Å²) < 4.78 is 5.16. The van der Waals surface area contributed by atoms with Gasteiger partial charge in [-0.1, -0.05) is 0 Å². The molecule has 0 aliphatic carbocycles. The van der Waals surface area contributed by atoms with Gasteiger partial charge in [-0.3, -0.25) is 10.1 Å². The maximum Gasteiger partial charge on any atom is 0.253 e. The number of aromatic nitrogens is 2. The molecule has 1 heterocycles. The van der Waals surface area contributed by atoms with Crippen molar-refractivity contribution in [2.24, 2.45) is 10.7 Å². The molecule has 1 amide bonds. The van der Waals surface area contributed by atoms with Crippen LogP contribution in [-0.4, -0.2) is 28.9 Å². The molecular weight excluding hydrogens is 258 g/mol. The lowest BCUT2D eigenvalue weighted by atomic mass is 10.2. The number of guanidine groups is 1. The van der Waals surface area contributed by atoms with E-state index in [1.807, 2.05) is 19.1 Å². The molecule has 0 spiro atoms. The molecule has 0 unspecified atom stereocenters. The van der Waals surface area contributed by atoms with Gasteiger partial charge in [0, 0.05) is 18.4 Å². The highest BCUT2D eigenvalue weighted by molar-refractivity contribution is 5.96. The number of nitrogens with one attached hydrogen (secondary N) is 1. The number of nitrogens with two attached hydrogens (primary N) is 1. The molecule has 7 nitrogen and oxygen atoms in total. The third-order valence-corrected chi connectivity index (χ3v) is 2.61. The molecule has 0 aliphatic heterocycles. The van der Waals surface area contributed by atoms with Crippen molar-refractivity contribution in [3.8, 4) is 5.75 Å². The first-order valence-electron chi connectivity index (χ1n) is 5.93. The Morgan fingerprint density at radius 2 is 2.15 bits per heavy atom. The predicted molar refractivity (Wildman–Crippen MR) is 75.9 cm³/mol. The Bertz CT molecular complexity index is 696. The molecule has 1 aromatic carbocycles. The fraction of sp³-hybridized carbons (Fsp3) is 0.231. The minimum Gasteiger partial charge on any atom is -0.497 e. The van der Waals surface area contributed by atoms with Gasteiger partial charge >= 0.3 is 0 Å². The van der Waals surface area contributed by atoms with Crippen molar-refractivity contribution in [2.45, 2.75) is 13.8 Å². The number of methoxy groups -OCH3 is 1. The molecule has 2 aromatic rings. The van der Waals surface area contributed by atoms with Crippen molar-refractivity contribution in [1.82, 2.24) is 15.3 Å². The van der Waals surface area contributed by atoms with E-state index in [2.05, 4.69) is 20.3 Å². The van der Waals surface area contributed by atoms with Crippen molar-refractivity contribution in [2.75, 3.05) is 7.11 Å². The van der Waals surface area contributed by atoms with E-state index in [4.69, 9.17) is 10.5 Å². The van der Waals surface area contributed by atoms with Crippen molar-refractivity contribution in [1.29, 1.82) is 0 Å². The molecule has 7 heteroatoms.